The Morgan fingerprint density at radius 2 is 0.900 bits per heavy atom. The van der Waals surface area contributed by atoms with E-state index >= 15 is 0 Å². The topological polar surface area (TPSA) is 185 Å². The van der Waals surface area contributed by atoms with Crippen molar-refractivity contribution in [1.29, 1.82) is 0 Å². The summed E-state index contributed by atoms with van der Waals surface area (Å²) < 4.78 is 40.0. The van der Waals surface area contributed by atoms with Crippen molar-refractivity contribution >= 4 is 11.9 Å². The molecule has 1 aliphatic heterocycles. The van der Waals surface area contributed by atoms with E-state index in [0.717, 1.165) is 50.5 Å². The van der Waals surface area contributed by atoms with Gasteiger partial charge in [0.05, 0.1) is 52.0 Å². The van der Waals surface area contributed by atoms with Gasteiger partial charge in [0, 0.05) is 23.7 Å². The van der Waals surface area contributed by atoms with Crippen LogP contribution in [0.3, 0.4) is 0 Å². The summed E-state index contributed by atoms with van der Waals surface area (Å²) in [7, 11) is 3.19. The molecule has 556 valence electrons. The van der Waals surface area contributed by atoms with Gasteiger partial charge >= 0.3 is 17.6 Å². The predicted molar refractivity (Wildman–Crippen MR) is 406 cm³/mol. The second-order valence-electron chi connectivity index (χ2n) is 28.9. The van der Waals surface area contributed by atoms with Crippen LogP contribution in [0.5, 0.6) is 23.0 Å². The van der Waals surface area contributed by atoms with Crippen molar-refractivity contribution in [1.82, 2.24) is 9.55 Å². The Morgan fingerprint density at radius 3 is 1.30 bits per heavy atom. The van der Waals surface area contributed by atoms with Gasteiger partial charge in [0.2, 0.25) is 0 Å². The zero-order chi connectivity index (χ0) is 71.3. The number of rotatable bonds is 59. The van der Waals surface area contributed by atoms with Crippen LogP contribution in [0.4, 0.5) is 0 Å². The number of aliphatic carboxylic acids is 2. The minimum Gasteiger partial charge on any atom is -0.497 e. The lowest BCUT2D eigenvalue weighted by atomic mass is 9.66. The lowest BCUT2D eigenvalue weighted by Gasteiger charge is -2.40. The number of unbranched alkanes of at least 4 members (excludes halogenated alkanes) is 38. The zero-order valence-corrected chi connectivity index (χ0v) is 62.5. The van der Waals surface area contributed by atoms with Gasteiger partial charge in [0.25, 0.3) is 5.56 Å². The molecule has 4 aromatic carbocycles. The third kappa shape index (κ3) is 28.5. The van der Waals surface area contributed by atoms with Crippen LogP contribution in [0.2, 0.25) is 0 Å². The number of aromatic nitrogens is 2. The van der Waals surface area contributed by atoms with Gasteiger partial charge in [0.1, 0.15) is 34.8 Å². The molecule has 4 atom stereocenters. The fraction of sp³-hybridized carbons (Fsp3) is 0.651. The molecule has 1 aromatic heterocycles. The number of benzene rings is 4. The molecule has 0 amide bonds. The maximum absolute atomic E-state index is 14.7. The molecule has 0 bridgehead atoms. The summed E-state index contributed by atoms with van der Waals surface area (Å²) in [5, 5.41) is 22.9. The Bertz CT molecular complexity index is 3060. The average molecular weight is 1380 g/mol. The normalized spacial score (nSPS) is 15.2. The van der Waals surface area contributed by atoms with E-state index in [2.05, 4.69) is 18.8 Å². The van der Waals surface area contributed by atoms with Crippen LogP contribution in [-0.2, 0) is 31.1 Å². The number of carbonyl (C=O) groups is 2. The van der Waals surface area contributed by atoms with Crippen molar-refractivity contribution in [2.24, 2.45) is 11.3 Å². The average Bonchev–Trinajstić information content (AvgIpc) is 1.27. The summed E-state index contributed by atoms with van der Waals surface area (Å²) in [6, 6.07) is 30.2. The second-order valence-corrected chi connectivity index (χ2v) is 28.9. The fourth-order valence-electron chi connectivity index (χ4n) is 15.0. The minimum atomic E-state index is -2.06. The van der Waals surface area contributed by atoms with Gasteiger partial charge in [-0.2, -0.15) is 0 Å². The van der Waals surface area contributed by atoms with Crippen LogP contribution in [0, 0.1) is 18.3 Å². The molecular weight excluding hydrogens is 1250 g/mol. The van der Waals surface area contributed by atoms with Gasteiger partial charge in [-0.3, -0.25) is 23.9 Å². The van der Waals surface area contributed by atoms with E-state index in [4.69, 9.17) is 28.4 Å². The van der Waals surface area contributed by atoms with Crippen LogP contribution in [0.25, 0.3) is 0 Å². The molecule has 100 heavy (non-hydrogen) atoms. The molecule has 14 heteroatoms. The molecular formula is C86H130N2O12. The second kappa shape index (κ2) is 48.5. The Balaban J connectivity index is 1.15. The summed E-state index contributed by atoms with van der Waals surface area (Å²) in [6.45, 7) is 6.76. The minimum absolute atomic E-state index is 0.112. The molecule has 3 N–H and O–H groups in total. The molecule has 0 saturated carbocycles. The Labute approximate surface area is 601 Å². The van der Waals surface area contributed by atoms with Gasteiger partial charge in [-0.25, -0.2) is 4.79 Å². The number of ether oxygens (including phenoxy) is 6. The first-order valence-electron chi connectivity index (χ1n) is 39.7. The highest BCUT2D eigenvalue weighted by Crippen LogP contribution is 2.51. The molecule has 1 unspecified atom stereocenters. The third-order valence-corrected chi connectivity index (χ3v) is 21.0. The van der Waals surface area contributed by atoms with Gasteiger partial charge < -0.3 is 38.6 Å². The van der Waals surface area contributed by atoms with Crippen LogP contribution >= 0.6 is 0 Å². The largest absolute Gasteiger partial charge is 0.497 e. The molecule has 0 aliphatic carbocycles. The fourth-order valence-corrected chi connectivity index (χ4v) is 15.0. The van der Waals surface area contributed by atoms with Crippen molar-refractivity contribution < 1.29 is 48.2 Å². The Kier molecular flexibility index (Phi) is 40.0. The van der Waals surface area contributed by atoms with E-state index in [-0.39, 0.29) is 25.0 Å². The number of nitrogens with one attached hydrogen (secondary N) is 1. The number of carboxylic acids is 2. The van der Waals surface area contributed by atoms with Gasteiger partial charge in [-0.15, -0.1) is 0 Å². The highest BCUT2D eigenvalue weighted by atomic mass is 16.6. The monoisotopic (exact) mass is 1380 g/mol. The molecule has 0 radical (unpaired) electrons. The van der Waals surface area contributed by atoms with E-state index in [1.165, 1.54) is 223 Å². The quantitative estimate of drug-likeness (QED) is 0.0248. The predicted octanol–water partition coefficient (Wildman–Crippen LogP) is 22.0. The standard InChI is InChI=1S/C86H130N2O12/c1-6-8-10-12-14-16-18-20-22-24-26-28-30-32-34-36-38-40-42-47-61-97-76-56-51-70(78(63-76)98-62-48-43-41-39-37-35-33-31-29-27-25-23-21-19-17-15-13-11-9-7-2)65-85(83(92)93,66-81(89)90)77-64-80(88-67-69(3)82(91)87-84(88)94)100-79(77)68-99-86(71-49-45-44-46-50-71,72-52-57-74(95-4)58-53-72)73-54-59-75(96-5)60-55-73/h44-46,49-60,63,67,77,79-80H,6-43,47-48,61-62,64-66,68H2,1-5H3,(H,89,90)(H,92,93)(H,87,91,94)/t77-,79+,80+,85?/m0/s1. The molecule has 14 nitrogen and oxygen atoms in total. The van der Waals surface area contributed by atoms with Crippen LogP contribution in [0.1, 0.15) is 318 Å². The van der Waals surface area contributed by atoms with Crippen LogP contribution in [-0.4, -0.2) is 71.8 Å². The lowest BCUT2D eigenvalue weighted by molar-refractivity contribution is -0.163. The summed E-state index contributed by atoms with van der Waals surface area (Å²) in [4.78, 5) is 57.2. The van der Waals surface area contributed by atoms with Crippen molar-refractivity contribution in [3.05, 3.63) is 152 Å². The molecule has 1 aliphatic rings. The number of carboxylic acid groups (broad SMARTS) is 2. The highest BCUT2D eigenvalue weighted by molar-refractivity contribution is 5.82. The van der Waals surface area contributed by atoms with E-state index in [0.29, 0.717) is 52.9 Å². The van der Waals surface area contributed by atoms with Gasteiger partial charge in [-0.1, -0.05) is 319 Å². The first-order chi connectivity index (χ1) is 48.9. The lowest BCUT2D eigenvalue weighted by Crippen LogP contribution is -2.48. The number of H-pyrrole nitrogens is 1. The number of aryl methyl sites for hydroxylation is 1. The number of methoxy groups -OCH3 is 2. The molecule has 0 spiro atoms. The molecule has 1 saturated heterocycles. The molecule has 1 fully saturated rings. The maximum Gasteiger partial charge on any atom is 0.330 e. The number of hydrogen-bond acceptors (Lipinski definition) is 10. The summed E-state index contributed by atoms with van der Waals surface area (Å²) >= 11 is 0. The third-order valence-electron chi connectivity index (χ3n) is 21.0. The van der Waals surface area contributed by atoms with E-state index in [1.807, 2.05) is 97.1 Å². The van der Waals surface area contributed by atoms with Gasteiger partial charge in [-0.05, 0) is 85.2 Å². The number of aromatic amines is 1. The molecule has 6 rings (SSSR count). The zero-order valence-electron chi connectivity index (χ0n) is 62.5. The number of hydrogen-bond donors (Lipinski definition) is 3. The molecule has 5 aromatic rings. The maximum atomic E-state index is 14.7. The number of nitrogens with zero attached hydrogens (tertiary/aromatic N) is 1. The Morgan fingerprint density at radius 1 is 0.510 bits per heavy atom. The summed E-state index contributed by atoms with van der Waals surface area (Å²) in [5.41, 5.74) is -1.82. The summed E-state index contributed by atoms with van der Waals surface area (Å²) in [5.74, 6) is -1.49. The van der Waals surface area contributed by atoms with E-state index in [1.54, 1.807) is 21.1 Å². The first kappa shape index (κ1) is 82.6. The van der Waals surface area contributed by atoms with Crippen molar-refractivity contribution in [2.45, 2.75) is 315 Å². The van der Waals surface area contributed by atoms with Gasteiger partial charge in [0.15, 0.2) is 0 Å². The Hall–Kier alpha value is -6.38. The smallest absolute Gasteiger partial charge is 0.330 e. The van der Waals surface area contributed by atoms with E-state index < -0.39 is 58.9 Å². The van der Waals surface area contributed by atoms with Crippen molar-refractivity contribution in [2.75, 3.05) is 34.0 Å². The van der Waals surface area contributed by atoms with Crippen molar-refractivity contribution in [3.8, 4) is 23.0 Å². The van der Waals surface area contributed by atoms with Crippen LogP contribution < -0.4 is 30.2 Å². The van der Waals surface area contributed by atoms with Crippen molar-refractivity contribution in [3.63, 3.8) is 0 Å². The first-order valence-corrected chi connectivity index (χ1v) is 39.7. The summed E-state index contributed by atoms with van der Waals surface area (Å²) in [6.07, 6.45) is 49.7. The highest BCUT2D eigenvalue weighted by Gasteiger charge is 2.56. The van der Waals surface area contributed by atoms with E-state index in [9.17, 15) is 29.4 Å². The molecule has 2 heterocycles. The van der Waals surface area contributed by atoms with Crippen LogP contribution in [0.15, 0.2) is 113 Å². The SMILES string of the molecule is CCCCCCCCCCCCCCCCCCCCCCOc1ccc(CC(CC(=O)O)(C(=O)O)[C@H]2C[C@H](n3cc(C)c(=O)[nH]c3=O)O[C@@H]2COC(c2ccccc2)(c2ccc(OC)cc2)c2ccc(OC)cc2)c(OCCCCCCCCCCCCCCCCCCCCCC)c1.